The Morgan fingerprint density at radius 3 is 2.71 bits per heavy atom. The van der Waals surface area contributed by atoms with Gasteiger partial charge in [0.2, 0.25) is 0 Å². The van der Waals surface area contributed by atoms with Crippen LogP contribution in [0.4, 0.5) is 0 Å². The van der Waals surface area contributed by atoms with Crippen LogP contribution in [0.25, 0.3) is 11.0 Å². The number of benzene rings is 1. The quantitative estimate of drug-likeness (QED) is 0.723. The average Bonchev–Trinajstić information content (AvgIpc) is 3.24. The molecule has 6 nitrogen and oxygen atoms in total. The second-order valence-corrected chi connectivity index (χ2v) is 8.94. The van der Waals surface area contributed by atoms with Crippen LogP contribution in [-0.4, -0.2) is 37.1 Å². The normalized spacial score (nSPS) is 18.0. The first kappa shape index (κ1) is 18.7. The van der Waals surface area contributed by atoms with Crippen molar-refractivity contribution in [3.05, 3.63) is 47.0 Å². The zero-order chi connectivity index (χ0) is 20.1. The number of fused-ring (bicyclic) bond motifs is 1. The molecule has 6 heteroatoms. The minimum Gasteiger partial charge on any atom is -0.340 e. The van der Waals surface area contributed by atoms with Crippen LogP contribution < -0.4 is 0 Å². The number of likely N-dealkylation sites (tertiary alicyclic amines) is 1. The van der Waals surface area contributed by atoms with Gasteiger partial charge in [-0.25, -0.2) is 4.98 Å². The molecule has 0 spiro atoms. The first-order valence-corrected chi connectivity index (χ1v) is 10.1. The van der Waals surface area contributed by atoms with E-state index in [0.717, 1.165) is 48.4 Å². The van der Waals surface area contributed by atoms with E-state index >= 15 is 0 Å². The van der Waals surface area contributed by atoms with Gasteiger partial charge in [-0.3, -0.25) is 9.48 Å². The lowest BCUT2D eigenvalue weighted by Crippen LogP contribution is -2.39. The van der Waals surface area contributed by atoms with Crippen LogP contribution in [0.3, 0.4) is 0 Å². The van der Waals surface area contributed by atoms with Gasteiger partial charge in [0.15, 0.2) is 0 Å². The molecule has 1 aliphatic heterocycles. The smallest absolute Gasteiger partial charge is 0.272 e. The summed E-state index contributed by atoms with van der Waals surface area (Å²) >= 11 is 0. The summed E-state index contributed by atoms with van der Waals surface area (Å²) in [7, 11) is 1.85. The molecule has 0 radical (unpaired) electrons. The van der Waals surface area contributed by atoms with Crippen LogP contribution in [0.1, 0.15) is 73.6 Å². The molecule has 1 fully saturated rings. The second-order valence-electron chi connectivity index (χ2n) is 8.94. The summed E-state index contributed by atoms with van der Waals surface area (Å²) in [6.45, 7) is 9.16. The van der Waals surface area contributed by atoms with E-state index in [-0.39, 0.29) is 17.4 Å². The molecule has 1 N–H and O–H groups in total. The number of imidazole rings is 1. The number of carbonyl (C=O) groups excluding carboxylic acids is 1. The molecule has 0 aliphatic carbocycles. The number of hydrogen-bond acceptors (Lipinski definition) is 3. The van der Waals surface area contributed by atoms with Crippen LogP contribution in [0.2, 0.25) is 0 Å². The molecule has 0 unspecified atom stereocenters. The maximum atomic E-state index is 13.4. The topological polar surface area (TPSA) is 66.8 Å². The Bertz CT molecular complexity index is 1020. The van der Waals surface area contributed by atoms with Gasteiger partial charge in [0.1, 0.15) is 11.5 Å². The minimum atomic E-state index is -0.0891. The van der Waals surface area contributed by atoms with Gasteiger partial charge in [-0.15, -0.1) is 0 Å². The number of H-pyrrole nitrogens is 1. The van der Waals surface area contributed by atoms with E-state index in [9.17, 15) is 4.79 Å². The molecule has 4 rings (SSSR count). The van der Waals surface area contributed by atoms with Gasteiger partial charge in [-0.2, -0.15) is 5.10 Å². The molecule has 148 valence electrons. The highest BCUT2D eigenvalue weighted by atomic mass is 16.2. The lowest BCUT2D eigenvalue weighted by molar-refractivity contribution is 0.0590. The van der Waals surface area contributed by atoms with Gasteiger partial charge in [0.05, 0.1) is 22.8 Å². The van der Waals surface area contributed by atoms with E-state index in [1.807, 2.05) is 24.1 Å². The molecule has 1 aliphatic rings. The van der Waals surface area contributed by atoms with Crippen molar-refractivity contribution >= 4 is 16.9 Å². The zero-order valence-corrected chi connectivity index (χ0v) is 17.4. The molecule has 28 heavy (non-hydrogen) atoms. The van der Waals surface area contributed by atoms with Crippen LogP contribution in [0.5, 0.6) is 0 Å². The van der Waals surface area contributed by atoms with Crippen molar-refractivity contribution in [2.24, 2.45) is 7.05 Å². The molecule has 0 bridgehead atoms. The van der Waals surface area contributed by atoms with E-state index in [2.05, 4.69) is 49.9 Å². The molecule has 1 amide bonds. The summed E-state index contributed by atoms with van der Waals surface area (Å²) in [5.74, 6) is 0.915. The van der Waals surface area contributed by atoms with Crippen molar-refractivity contribution in [2.75, 3.05) is 6.54 Å². The fraction of sp³-hybridized carbons (Fsp3) is 0.500. The number of piperidine rings is 1. The Balaban J connectivity index is 1.68. The predicted molar refractivity (Wildman–Crippen MR) is 110 cm³/mol. The maximum absolute atomic E-state index is 13.4. The largest absolute Gasteiger partial charge is 0.340 e. The number of aryl methyl sites for hydroxylation is 2. The highest BCUT2D eigenvalue weighted by molar-refractivity contribution is 5.93. The first-order valence-electron chi connectivity index (χ1n) is 10.1. The maximum Gasteiger partial charge on any atom is 0.272 e. The number of amides is 1. The Morgan fingerprint density at radius 2 is 2.00 bits per heavy atom. The van der Waals surface area contributed by atoms with Crippen molar-refractivity contribution in [2.45, 2.75) is 58.4 Å². The molecular weight excluding hydrogens is 350 g/mol. The number of carbonyl (C=O) groups is 1. The number of aromatic nitrogens is 4. The third-order valence-corrected chi connectivity index (χ3v) is 5.60. The lowest BCUT2D eigenvalue weighted by Gasteiger charge is -2.34. The SMILES string of the molecule is Cc1ccc2nc([C@H]3CCCCN3C(=O)c3cc(C(C)(C)C)nn3C)[nH]c2c1. The summed E-state index contributed by atoms with van der Waals surface area (Å²) in [5.41, 5.74) is 4.67. The highest BCUT2D eigenvalue weighted by Gasteiger charge is 2.33. The van der Waals surface area contributed by atoms with E-state index in [1.54, 1.807) is 4.68 Å². The molecular formula is C22H29N5O. The second kappa shape index (κ2) is 6.76. The summed E-state index contributed by atoms with van der Waals surface area (Å²) in [6, 6.07) is 8.13. The third-order valence-electron chi connectivity index (χ3n) is 5.60. The number of nitrogens with one attached hydrogen (secondary N) is 1. The fourth-order valence-electron chi connectivity index (χ4n) is 3.94. The fourth-order valence-corrected chi connectivity index (χ4v) is 3.94. The van der Waals surface area contributed by atoms with Crippen LogP contribution in [0, 0.1) is 6.92 Å². The summed E-state index contributed by atoms with van der Waals surface area (Å²) in [5, 5.41) is 4.59. The van der Waals surface area contributed by atoms with E-state index < -0.39 is 0 Å². The van der Waals surface area contributed by atoms with Gasteiger partial charge >= 0.3 is 0 Å². The summed E-state index contributed by atoms with van der Waals surface area (Å²) in [6.07, 6.45) is 3.04. The molecule has 1 saturated heterocycles. The highest BCUT2D eigenvalue weighted by Crippen LogP contribution is 2.32. The standard InChI is InChI=1S/C22H29N5O/c1-14-9-10-15-16(12-14)24-20(23-15)17-8-6-7-11-27(17)21(28)18-13-19(22(2,3)4)25-26(18)5/h9-10,12-13,17H,6-8,11H2,1-5H3,(H,23,24)/t17-/m1/s1. The van der Waals surface area contributed by atoms with Crippen molar-refractivity contribution in [3.8, 4) is 0 Å². The molecule has 0 saturated carbocycles. The number of hydrogen-bond donors (Lipinski definition) is 1. The van der Waals surface area contributed by atoms with Gasteiger partial charge < -0.3 is 9.88 Å². The van der Waals surface area contributed by atoms with Crippen molar-refractivity contribution in [1.29, 1.82) is 0 Å². The Kier molecular flexibility index (Phi) is 4.52. The van der Waals surface area contributed by atoms with E-state index in [0.29, 0.717) is 5.69 Å². The number of rotatable bonds is 2. The van der Waals surface area contributed by atoms with Gasteiger partial charge in [-0.05, 0) is 49.9 Å². The first-order chi connectivity index (χ1) is 13.2. The number of aromatic amines is 1. The van der Waals surface area contributed by atoms with Crippen molar-refractivity contribution in [3.63, 3.8) is 0 Å². The van der Waals surface area contributed by atoms with Gasteiger partial charge in [0.25, 0.3) is 5.91 Å². The molecule has 3 heterocycles. The average molecular weight is 380 g/mol. The van der Waals surface area contributed by atoms with Crippen LogP contribution in [-0.2, 0) is 12.5 Å². The van der Waals surface area contributed by atoms with Crippen molar-refractivity contribution in [1.82, 2.24) is 24.6 Å². The minimum absolute atomic E-state index is 0.0260. The Hall–Kier alpha value is -2.63. The van der Waals surface area contributed by atoms with Crippen molar-refractivity contribution < 1.29 is 4.79 Å². The monoisotopic (exact) mass is 379 g/mol. The summed E-state index contributed by atoms with van der Waals surface area (Å²) < 4.78 is 1.72. The molecule has 2 aromatic heterocycles. The molecule has 1 atom stereocenters. The van der Waals surface area contributed by atoms with Crippen LogP contribution >= 0.6 is 0 Å². The lowest BCUT2D eigenvalue weighted by atomic mass is 9.92. The van der Waals surface area contributed by atoms with Crippen LogP contribution in [0.15, 0.2) is 24.3 Å². The third kappa shape index (κ3) is 3.32. The van der Waals surface area contributed by atoms with E-state index in [4.69, 9.17) is 4.98 Å². The predicted octanol–water partition coefficient (Wildman–Crippen LogP) is 4.27. The molecule has 3 aromatic rings. The summed E-state index contributed by atoms with van der Waals surface area (Å²) in [4.78, 5) is 23.7. The van der Waals surface area contributed by atoms with Gasteiger partial charge in [0, 0.05) is 19.0 Å². The Morgan fingerprint density at radius 1 is 1.21 bits per heavy atom. The molecule has 1 aromatic carbocycles. The van der Waals surface area contributed by atoms with E-state index in [1.165, 1.54) is 5.56 Å². The Labute approximate surface area is 166 Å². The van der Waals surface area contributed by atoms with Gasteiger partial charge in [-0.1, -0.05) is 26.8 Å². The number of nitrogens with zero attached hydrogens (tertiary/aromatic N) is 4. The zero-order valence-electron chi connectivity index (χ0n) is 17.4.